The van der Waals surface area contributed by atoms with E-state index in [-0.39, 0.29) is 0 Å². The van der Waals surface area contributed by atoms with E-state index in [1.165, 1.54) is 12.5 Å². The summed E-state index contributed by atoms with van der Waals surface area (Å²) in [4.78, 5) is 0. The number of halogens is 2. The van der Waals surface area contributed by atoms with Gasteiger partial charge in [0.15, 0.2) is 0 Å². The molecule has 1 aliphatic carbocycles. The van der Waals surface area contributed by atoms with Crippen molar-refractivity contribution in [2.75, 3.05) is 0 Å². The summed E-state index contributed by atoms with van der Waals surface area (Å²) in [6.07, 6.45) is 8.07. The van der Waals surface area contributed by atoms with Crippen LogP contribution >= 0.6 is 11.6 Å². The van der Waals surface area contributed by atoms with Crippen LogP contribution in [0.4, 0.5) is 4.39 Å². The van der Waals surface area contributed by atoms with Crippen LogP contribution < -0.4 is 0 Å². The zero-order valence-electron chi connectivity index (χ0n) is 4.07. The number of rotatable bonds is 0. The summed E-state index contributed by atoms with van der Waals surface area (Å²) in [6.45, 7) is 0. The van der Waals surface area contributed by atoms with Crippen LogP contribution in [0.5, 0.6) is 0 Å². The highest BCUT2D eigenvalue weighted by Gasteiger charge is 2.21. The highest BCUT2D eigenvalue weighted by atomic mass is 35.5. The van der Waals surface area contributed by atoms with E-state index in [4.69, 9.17) is 11.6 Å². The van der Waals surface area contributed by atoms with Gasteiger partial charge in [-0.2, -0.15) is 0 Å². The summed E-state index contributed by atoms with van der Waals surface area (Å²) in [5.74, 6) is 0. The van der Waals surface area contributed by atoms with Gasteiger partial charge in [0, 0.05) is 6.42 Å². The van der Waals surface area contributed by atoms with Crippen molar-refractivity contribution in [2.45, 2.75) is 5.13 Å². The molecule has 0 heterocycles. The standard InChI is InChI=1S/C6H4ClF/c7-6(8)4-2-1-3-5-6/h1-2,4-5H. The maximum Gasteiger partial charge on any atom is 0.209 e. The minimum atomic E-state index is -1.80. The molecule has 0 fully saturated rings. The number of hydrogen-bond acceptors (Lipinski definition) is 0. The zero-order valence-corrected chi connectivity index (χ0v) is 4.82. The van der Waals surface area contributed by atoms with Crippen LogP contribution in [-0.2, 0) is 0 Å². The Morgan fingerprint density at radius 1 is 1.62 bits per heavy atom. The molecule has 1 aliphatic rings. The number of hydrogen-bond donors (Lipinski definition) is 0. The molecule has 0 aromatic heterocycles. The smallest absolute Gasteiger partial charge is 0.209 e. The average Bonchev–Trinajstić information content (AvgIpc) is 1.65. The fourth-order valence-corrected chi connectivity index (χ4v) is 0.575. The van der Waals surface area contributed by atoms with Gasteiger partial charge in [-0.25, -0.2) is 4.39 Å². The quantitative estimate of drug-likeness (QED) is 0.440. The van der Waals surface area contributed by atoms with Crippen molar-refractivity contribution in [2.24, 2.45) is 0 Å². The molecule has 0 nitrogen and oxygen atoms in total. The van der Waals surface area contributed by atoms with Crippen LogP contribution in [0.15, 0.2) is 18.2 Å². The molecule has 0 aromatic carbocycles. The Morgan fingerprint density at radius 2 is 2.38 bits per heavy atom. The van der Waals surface area contributed by atoms with E-state index in [9.17, 15) is 4.39 Å². The molecule has 1 rings (SSSR count). The first-order chi connectivity index (χ1) is 3.71. The van der Waals surface area contributed by atoms with Gasteiger partial charge < -0.3 is 0 Å². The molecule has 1 atom stereocenters. The van der Waals surface area contributed by atoms with Crippen LogP contribution in [0.3, 0.4) is 0 Å². The molecular weight excluding hydrogens is 127 g/mol. The average molecular weight is 131 g/mol. The second-order valence-electron chi connectivity index (χ2n) is 1.51. The van der Waals surface area contributed by atoms with Crippen LogP contribution in [0.1, 0.15) is 0 Å². The largest absolute Gasteiger partial charge is 0.221 e. The molecule has 0 bridgehead atoms. The highest BCUT2D eigenvalue weighted by Crippen LogP contribution is 2.24. The van der Waals surface area contributed by atoms with Crippen molar-refractivity contribution in [1.29, 1.82) is 0 Å². The van der Waals surface area contributed by atoms with Crippen LogP contribution in [0.2, 0.25) is 0 Å². The maximum atomic E-state index is 12.4. The lowest BCUT2D eigenvalue weighted by atomic mass is 10.2. The lowest BCUT2D eigenvalue weighted by Gasteiger charge is -2.10. The fraction of sp³-hybridized carbons (Fsp3) is 0.167. The first-order valence-electron chi connectivity index (χ1n) is 2.20. The van der Waals surface area contributed by atoms with Gasteiger partial charge in [-0.3, -0.25) is 0 Å². The summed E-state index contributed by atoms with van der Waals surface area (Å²) >= 11 is 5.18. The van der Waals surface area contributed by atoms with E-state index in [2.05, 4.69) is 6.08 Å². The predicted octanol–water partition coefficient (Wildman–Crippen LogP) is 2.02. The molecule has 0 saturated heterocycles. The highest BCUT2D eigenvalue weighted by molar-refractivity contribution is 6.25. The summed E-state index contributed by atoms with van der Waals surface area (Å²) in [6, 6.07) is 0. The Balaban J connectivity index is 2.65. The summed E-state index contributed by atoms with van der Waals surface area (Å²) in [5.41, 5.74) is 0. The van der Waals surface area contributed by atoms with E-state index < -0.39 is 5.13 Å². The SMILES string of the molecule is FC1(Cl)[CH]C=C[C]=C1. The fourth-order valence-electron chi connectivity index (χ4n) is 0.439. The normalized spacial score (nSPS) is 35.8. The minimum Gasteiger partial charge on any atom is -0.221 e. The van der Waals surface area contributed by atoms with Gasteiger partial charge in [-0.05, 0) is 12.2 Å². The molecule has 2 heteroatoms. The van der Waals surface area contributed by atoms with Crippen molar-refractivity contribution >= 4 is 11.6 Å². The molecule has 2 radical (unpaired) electrons. The Morgan fingerprint density at radius 3 is 2.62 bits per heavy atom. The lowest BCUT2D eigenvalue weighted by Crippen LogP contribution is -2.10. The molecule has 42 valence electrons. The molecule has 0 spiro atoms. The molecule has 0 saturated carbocycles. The monoisotopic (exact) mass is 130 g/mol. The number of alkyl halides is 2. The van der Waals surface area contributed by atoms with Gasteiger partial charge in [0.2, 0.25) is 5.13 Å². The zero-order chi connectivity index (χ0) is 6.04. The van der Waals surface area contributed by atoms with Gasteiger partial charge in [0.1, 0.15) is 0 Å². The molecule has 0 aliphatic heterocycles. The van der Waals surface area contributed by atoms with Crippen molar-refractivity contribution in [3.05, 3.63) is 30.7 Å². The van der Waals surface area contributed by atoms with E-state index in [0.29, 0.717) is 0 Å². The molecule has 0 aromatic rings. The van der Waals surface area contributed by atoms with Crippen molar-refractivity contribution in [1.82, 2.24) is 0 Å². The predicted molar refractivity (Wildman–Crippen MR) is 30.9 cm³/mol. The first-order valence-corrected chi connectivity index (χ1v) is 2.58. The van der Waals surface area contributed by atoms with Crippen LogP contribution in [0.25, 0.3) is 0 Å². The second kappa shape index (κ2) is 1.90. The number of allylic oxidation sites excluding steroid dienone is 4. The summed E-state index contributed by atoms with van der Waals surface area (Å²) in [7, 11) is 0. The molecule has 0 N–H and O–H groups in total. The van der Waals surface area contributed by atoms with Crippen molar-refractivity contribution < 1.29 is 4.39 Å². The third-order valence-corrected chi connectivity index (χ3v) is 1.02. The lowest BCUT2D eigenvalue weighted by molar-refractivity contribution is 0.397. The van der Waals surface area contributed by atoms with E-state index >= 15 is 0 Å². The summed E-state index contributed by atoms with van der Waals surface area (Å²) in [5, 5.41) is -1.80. The molecule has 1 unspecified atom stereocenters. The third-order valence-electron chi connectivity index (χ3n) is 0.787. The van der Waals surface area contributed by atoms with Gasteiger partial charge in [0.05, 0.1) is 0 Å². The molecule has 0 amide bonds. The first kappa shape index (κ1) is 5.83. The van der Waals surface area contributed by atoms with E-state index in [0.717, 1.165) is 6.08 Å². The van der Waals surface area contributed by atoms with E-state index in [1.807, 2.05) is 0 Å². The topological polar surface area (TPSA) is 0 Å². The van der Waals surface area contributed by atoms with Crippen molar-refractivity contribution in [3.63, 3.8) is 0 Å². The Labute approximate surface area is 52.6 Å². The second-order valence-corrected chi connectivity index (χ2v) is 2.09. The van der Waals surface area contributed by atoms with Gasteiger partial charge in [-0.1, -0.05) is 23.8 Å². The molecule has 8 heavy (non-hydrogen) atoms. The molecular formula is C6H4ClF. The Bertz CT molecular complexity index is 135. The summed E-state index contributed by atoms with van der Waals surface area (Å²) < 4.78 is 12.4. The van der Waals surface area contributed by atoms with Gasteiger partial charge in [-0.15, -0.1) is 0 Å². The van der Waals surface area contributed by atoms with Crippen LogP contribution in [-0.4, -0.2) is 5.13 Å². The minimum absolute atomic E-state index is 1.16. The van der Waals surface area contributed by atoms with E-state index in [1.54, 1.807) is 6.08 Å². The van der Waals surface area contributed by atoms with Crippen molar-refractivity contribution in [3.8, 4) is 0 Å². The van der Waals surface area contributed by atoms with Gasteiger partial charge >= 0.3 is 0 Å². The third kappa shape index (κ3) is 1.34. The van der Waals surface area contributed by atoms with Crippen LogP contribution in [0, 0.1) is 12.5 Å². The Hall–Kier alpha value is -0.300. The van der Waals surface area contributed by atoms with Gasteiger partial charge in [0.25, 0.3) is 0 Å². The Kier molecular flexibility index (Phi) is 1.39. The maximum absolute atomic E-state index is 12.4.